The Morgan fingerprint density at radius 2 is 1.57 bits per heavy atom. The number of rotatable bonds is 1. The fourth-order valence-corrected chi connectivity index (χ4v) is 3.56. The minimum absolute atomic E-state index is 0.0692. The van der Waals surface area contributed by atoms with Crippen LogP contribution in [0.5, 0.6) is 0 Å². The van der Waals surface area contributed by atoms with Crippen LogP contribution in [0, 0.1) is 0 Å². The lowest BCUT2D eigenvalue weighted by molar-refractivity contribution is -0.301. The molecule has 1 aromatic heterocycles. The maximum atomic E-state index is 14.0. The zero-order chi connectivity index (χ0) is 22.8. The number of anilines is 1. The summed E-state index contributed by atoms with van der Waals surface area (Å²) in [5, 5.41) is 1.99. The number of aromatic nitrogens is 2. The summed E-state index contributed by atoms with van der Waals surface area (Å²) < 4.78 is 84.7. The molecule has 2 aromatic rings. The van der Waals surface area contributed by atoms with Crippen LogP contribution >= 0.6 is 23.2 Å². The molecule has 14 heteroatoms. The number of alkyl halides is 6. The number of hydrogen-bond acceptors (Lipinski definition) is 4. The molecule has 1 aromatic carbocycles. The predicted octanol–water partition coefficient (Wildman–Crippen LogP) is 3.58. The van der Waals surface area contributed by atoms with Gasteiger partial charge in [-0.3, -0.25) is 13.9 Å². The Balaban J connectivity index is 2.55. The zero-order valence-corrected chi connectivity index (χ0v) is 16.4. The lowest BCUT2D eigenvalue weighted by Crippen LogP contribution is -2.60. The number of hydrogen-bond donors (Lipinski definition) is 1. The molecule has 0 fully saturated rings. The minimum Gasteiger partial charge on any atom is -0.325 e. The molecule has 0 saturated heterocycles. The Bertz CT molecular complexity index is 1180. The second kappa shape index (κ2) is 6.77. The highest BCUT2D eigenvalue weighted by Crippen LogP contribution is 2.55. The average molecular weight is 475 g/mol. The molecule has 1 N–H and O–H groups in total. The quantitative estimate of drug-likeness (QED) is 0.642. The maximum absolute atomic E-state index is 14.0. The summed E-state index contributed by atoms with van der Waals surface area (Å²) in [6.07, 6.45) is -12.2. The molecule has 1 aliphatic heterocycles. The Morgan fingerprint density at radius 1 is 1.00 bits per heavy atom. The molecular formula is C16H10Cl2F6N4O2. The first-order valence-corrected chi connectivity index (χ1v) is 8.65. The highest BCUT2D eigenvalue weighted by molar-refractivity contribution is 6.37. The van der Waals surface area contributed by atoms with Gasteiger partial charge in [-0.15, -0.1) is 0 Å². The number of fused-ring (bicyclic) bond motifs is 1. The van der Waals surface area contributed by atoms with Gasteiger partial charge in [-0.25, -0.2) is 9.79 Å². The van der Waals surface area contributed by atoms with E-state index in [2.05, 4.69) is 10.3 Å². The molecule has 3 rings (SSSR count). The predicted molar refractivity (Wildman–Crippen MR) is 97.3 cm³/mol. The van der Waals surface area contributed by atoms with Crippen LogP contribution in [0.25, 0.3) is 0 Å². The number of nitrogens with one attached hydrogen (secondary N) is 1. The van der Waals surface area contributed by atoms with E-state index in [0.29, 0.717) is 4.57 Å². The summed E-state index contributed by atoms with van der Waals surface area (Å²) in [4.78, 5) is 27.5. The second-order valence-corrected chi connectivity index (χ2v) is 7.19. The van der Waals surface area contributed by atoms with Crippen LogP contribution in [0.15, 0.2) is 32.8 Å². The van der Waals surface area contributed by atoms with Gasteiger partial charge in [0.05, 0.1) is 5.02 Å². The molecule has 0 amide bonds. The van der Waals surface area contributed by atoms with Gasteiger partial charge in [-0.2, -0.15) is 26.3 Å². The van der Waals surface area contributed by atoms with Gasteiger partial charge in [0.15, 0.2) is 0 Å². The molecule has 0 saturated carbocycles. The Hall–Kier alpha value is -2.47. The monoisotopic (exact) mass is 474 g/mol. The van der Waals surface area contributed by atoms with Gasteiger partial charge >= 0.3 is 18.0 Å². The van der Waals surface area contributed by atoms with Crippen molar-refractivity contribution in [2.75, 3.05) is 5.32 Å². The van der Waals surface area contributed by atoms with Gasteiger partial charge in [0.2, 0.25) is 0 Å². The van der Waals surface area contributed by atoms with Gasteiger partial charge < -0.3 is 5.32 Å². The molecule has 162 valence electrons. The summed E-state index contributed by atoms with van der Waals surface area (Å²) in [6.45, 7) is 0. The molecule has 1 aliphatic rings. The van der Waals surface area contributed by atoms with Gasteiger partial charge in [0, 0.05) is 24.7 Å². The molecule has 0 spiro atoms. The minimum atomic E-state index is -6.09. The third kappa shape index (κ3) is 3.00. The average Bonchev–Trinajstić information content (AvgIpc) is 2.61. The molecule has 6 nitrogen and oxygen atoms in total. The number of amidine groups is 1. The molecule has 0 radical (unpaired) electrons. The summed E-state index contributed by atoms with van der Waals surface area (Å²) in [6, 6.07) is 3.32. The second-order valence-electron chi connectivity index (χ2n) is 6.34. The van der Waals surface area contributed by atoms with E-state index in [-0.39, 0.29) is 20.2 Å². The van der Waals surface area contributed by atoms with E-state index in [0.717, 1.165) is 26.2 Å². The number of benzene rings is 1. The van der Waals surface area contributed by atoms with Gasteiger partial charge in [0.25, 0.3) is 11.1 Å². The summed E-state index contributed by atoms with van der Waals surface area (Å²) in [5.74, 6) is -1.95. The van der Waals surface area contributed by atoms with Crippen molar-refractivity contribution < 1.29 is 26.3 Å². The van der Waals surface area contributed by atoms with Crippen molar-refractivity contribution in [2.45, 2.75) is 17.9 Å². The van der Waals surface area contributed by atoms with Crippen molar-refractivity contribution in [3.63, 3.8) is 0 Å². The lowest BCUT2D eigenvalue weighted by atomic mass is 9.87. The van der Waals surface area contributed by atoms with E-state index < -0.39 is 46.4 Å². The van der Waals surface area contributed by atoms with Crippen LogP contribution < -0.4 is 16.6 Å². The van der Waals surface area contributed by atoms with Crippen LogP contribution in [0.3, 0.4) is 0 Å². The van der Waals surface area contributed by atoms with Crippen molar-refractivity contribution in [3.8, 4) is 0 Å². The first kappa shape index (κ1) is 22.2. The van der Waals surface area contributed by atoms with Crippen molar-refractivity contribution in [1.82, 2.24) is 9.13 Å². The topological polar surface area (TPSA) is 68.4 Å². The third-order valence-corrected chi connectivity index (χ3v) is 5.10. The van der Waals surface area contributed by atoms with E-state index in [1.165, 1.54) is 6.07 Å². The van der Waals surface area contributed by atoms with Crippen LogP contribution in [-0.4, -0.2) is 27.3 Å². The van der Waals surface area contributed by atoms with Gasteiger partial charge in [-0.05, 0) is 18.2 Å². The van der Waals surface area contributed by atoms with E-state index in [9.17, 15) is 35.9 Å². The SMILES string of the molecule is Cn1c2c(c(=O)n(C)c1=O)C(C(F)(F)F)(C(F)(F)F)N=C(c1ccc(Cl)cc1Cl)N2. The zero-order valence-electron chi connectivity index (χ0n) is 14.9. The fourth-order valence-electron chi connectivity index (χ4n) is 3.06. The van der Waals surface area contributed by atoms with Gasteiger partial charge in [0.1, 0.15) is 17.2 Å². The molecule has 30 heavy (non-hydrogen) atoms. The maximum Gasteiger partial charge on any atom is 0.427 e. The molecule has 0 bridgehead atoms. The first-order chi connectivity index (χ1) is 13.6. The Kier molecular flexibility index (Phi) is 5.02. The number of nitrogens with zero attached hydrogens (tertiary/aromatic N) is 3. The first-order valence-electron chi connectivity index (χ1n) is 7.89. The van der Waals surface area contributed by atoms with E-state index >= 15 is 0 Å². The lowest BCUT2D eigenvalue weighted by Gasteiger charge is -2.38. The largest absolute Gasteiger partial charge is 0.427 e. The van der Waals surface area contributed by atoms with Crippen molar-refractivity contribution in [3.05, 3.63) is 60.2 Å². The molecule has 2 heterocycles. The van der Waals surface area contributed by atoms with Crippen LogP contribution in [0.4, 0.5) is 32.2 Å². The summed E-state index contributed by atoms with van der Waals surface area (Å²) in [7, 11) is 1.68. The van der Waals surface area contributed by atoms with Crippen LogP contribution in [-0.2, 0) is 19.6 Å². The van der Waals surface area contributed by atoms with Gasteiger partial charge in [-0.1, -0.05) is 23.2 Å². The molecule has 0 unspecified atom stereocenters. The summed E-state index contributed by atoms with van der Waals surface area (Å²) in [5.41, 5.74) is -10.0. The smallest absolute Gasteiger partial charge is 0.325 e. The van der Waals surface area contributed by atoms with E-state index in [1.807, 2.05) is 0 Å². The number of halogens is 8. The third-order valence-electron chi connectivity index (χ3n) is 4.55. The Morgan fingerprint density at radius 3 is 2.07 bits per heavy atom. The molecular weight excluding hydrogens is 465 g/mol. The highest BCUT2D eigenvalue weighted by atomic mass is 35.5. The Labute approximate surface area is 173 Å². The standard InChI is InChI=1S/C16H10Cl2F6N4O2/c1-27-11-9(12(29)28(2)13(27)30)14(15(19,20)21,16(22,23)24)26-10(25-11)7-4-3-6(17)5-8(7)18/h3-5H,1-2H3,(H,25,26). The summed E-state index contributed by atoms with van der Waals surface area (Å²) >= 11 is 11.7. The van der Waals surface area contributed by atoms with Crippen molar-refractivity contribution >= 4 is 34.9 Å². The van der Waals surface area contributed by atoms with E-state index in [4.69, 9.17) is 23.2 Å². The van der Waals surface area contributed by atoms with Crippen molar-refractivity contribution in [2.24, 2.45) is 19.1 Å². The van der Waals surface area contributed by atoms with E-state index in [1.54, 1.807) is 0 Å². The van der Waals surface area contributed by atoms with Crippen LogP contribution in [0.2, 0.25) is 10.0 Å². The van der Waals surface area contributed by atoms with Crippen molar-refractivity contribution in [1.29, 1.82) is 0 Å². The normalized spacial score (nSPS) is 16.0. The fraction of sp³-hybridized carbons (Fsp3) is 0.312. The highest BCUT2D eigenvalue weighted by Gasteiger charge is 2.75. The number of aliphatic imine (C=N–C) groups is 1. The molecule has 0 aliphatic carbocycles. The molecule has 0 atom stereocenters. The van der Waals surface area contributed by atoms with Crippen LogP contribution in [0.1, 0.15) is 11.1 Å².